The van der Waals surface area contributed by atoms with E-state index >= 15 is 0 Å². The largest absolute Gasteiger partial charge is 0.381 e. The molecule has 0 saturated carbocycles. The second kappa shape index (κ2) is 9.34. The Labute approximate surface area is 196 Å². The molecule has 2 fully saturated rings. The molecule has 1 aromatic carbocycles. The first-order valence-corrected chi connectivity index (χ1v) is 11.6. The van der Waals surface area contributed by atoms with Crippen LogP contribution in [0.4, 0.5) is 0 Å². The van der Waals surface area contributed by atoms with Crippen LogP contribution in [0.25, 0.3) is 0 Å². The number of imide groups is 1. The van der Waals surface area contributed by atoms with Gasteiger partial charge < -0.3 is 15.0 Å². The lowest BCUT2D eigenvalue weighted by atomic mass is 9.89. The summed E-state index contributed by atoms with van der Waals surface area (Å²) < 4.78 is 5.49. The number of nitrogens with zero attached hydrogens (tertiary/aromatic N) is 2. The standard InChI is InChI=1S/C25H26N4O5/c30-21-7-6-20(24(32)27-21)29-14-17-13-16(4-5-18(17)25(29)33)23(31)28-22(15-8-11-34-12-9-15)19-3-1-2-10-26-19/h1-5,10,13,15,20,22H,6-9,11-12,14H2,(H,28,31)(H,27,30,32)/t20?,22-/m1/s1. The zero-order valence-corrected chi connectivity index (χ0v) is 18.7. The van der Waals surface area contributed by atoms with Crippen LogP contribution in [0.3, 0.4) is 0 Å². The monoisotopic (exact) mass is 462 g/mol. The van der Waals surface area contributed by atoms with E-state index in [4.69, 9.17) is 4.74 Å². The molecule has 4 amide bonds. The van der Waals surface area contributed by atoms with Crippen molar-refractivity contribution in [1.82, 2.24) is 20.5 Å². The lowest BCUT2D eigenvalue weighted by molar-refractivity contribution is -0.136. The molecular weight excluding hydrogens is 436 g/mol. The molecule has 9 nitrogen and oxygen atoms in total. The predicted octanol–water partition coefficient (Wildman–Crippen LogP) is 1.74. The molecular formula is C25H26N4O5. The molecule has 3 aliphatic rings. The fourth-order valence-electron chi connectivity index (χ4n) is 4.98. The lowest BCUT2D eigenvalue weighted by Gasteiger charge is -2.30. The minimum Gasteiger partial charge on any atom is -0.381 e. The van der Waals surface area contributed by atoms with Gasteiger partial charge in [-0.2, -0.15) is 0 Å². The number of rotatable bonds is 5. The molecule has 4 heterocycles. The van der Waals surface area contributed by atoms with Crippen molar-refractivity contribution in [2.45, 2.75) is 44.3 Å². The van der Waals surface area contributed by atoms with Crippen LogP contribution in [0.2, 0.25) is 0 Å². The van der Waals surface area contributed by atoms with E-state index in [0.29, 0.717) is 36.3 Å². The third-order valence-electron chi connectivity index (χ3n) is 6.82. The van der Waals surface area contributed by atoms with Gasteiger partial charge in [0.25, 0.3) is 11.8 Å². The summed E-state index contributed by atoms with van der Waals surface area (Å²) in [5, 5.41) is 5.45. The number of fused-ring (bicyclic) bond motifs is 1. The van der Waals surface area contributed by atoms with Crippen molar-refractivity contribution in [2.75, 3.05) is 13.2 Å². The fourth-order valence-corrected chi connectivity index (χ4v) is 4.98. The van der Waals surface area contributed by atoms with Crippen LogP contribution >= 0.6 is 0 Å². The SMILES string of the molecule is O=C1CCC(N2Cc3cc(C(=O)N[C@@H](c4ccccn4)C4CCOCC4)ccc3C2=O)C(=O)N1. The van der Waals surface area contributed by atoms with Crippen molar-refractivity contribution >= 4 is 23.6 Å². The Morgan fingerprint density at radius 2 is 1.94 bits per heavy atom. The number of amides is 4. The number of benzene rings is 1. The van der Waals surface area contributed by atoms with Gasteiger partial charge in [0.1, 0.15) is 6.04 Å². The van der Waals surface area contributed by atoms with Crippen LogP contribution in [0.1, 0.15) is 63.7 Å². The normalized spacial score (nSPS) is 21.7. The summed E-state index contributed by atoms with van der Waals surface area (Å²) in [7, 11) is 0. The average Bonchev–Trinajstić information content (AvgIpc) is 3.19. The summed E-state index contributed by atoms with van der Waals surface area (Å²) >= 11 is 0. The Hall–Kier alpha value is -3.59. The van der Waals surface area contributed by atoms with E-state index in [1.54, 1.807) is 24.4 Å². The molecule has 176 valence electrons. The number of aromatic nitrogens is 1. The van der Waals surface area contributed by atoms with Crippen LogP contribution < -0.4 is 10.6 Å². The van der Waals surface area contributed by atoms with E-state index in [9.17, 15) is 19.2 Å². The molecule has 2 N–H and O–H groups in total. The Balaban J connectivity index is 1.34. The maximum Gasteiger partial charge on any atom is 0.255 e. The summed E-state index contributed by atoms with van der Waals surface area (Å²) in [6.45, 7) is 1.53. The van der Waals surface area contributed by atoms with Crippen LogP contribution in [-0.4, -0.2) is 52.8 Å². The number of carbonyl (C=O) groups excluding carboxylic acids is 4. The number of piperidine rings is 1. The average molecular weight is 463 g/mol. The van der Waals surface area contributed by atoms with Gasteiger partial charge in [-0.3, -0.25) is 29.5 Å². The van der Waals surface area contributed by atoms with Crippen LogP contribution in [0.5, 0.6) is 0 Å². The highest BCUT2D eigenvalue weighted by atomic mass is 16.5. The van der Waals surface area contributed by atoms with Crippen LogP contribution in [0, 0.1) is 5.92 Å². The number of carbonyl (C=O) groups is 4. The van der Waals surface area contributed by atoms with E-state index in [1.807, 2.05) is 18.2 Å². The third kappa shape index (κ3) is 4.31. The molecule has 3 aliphatic heterocycles. The van der Waals surface area contributed by atoms with Crippen molar-refractivity contribution < 1.29 is 23.9 Å². The molecule has 0 aliphatic carbocycles. The fraction of sp³-hybridized carbons (Fsp3) is 0.400. The molecule has 2 atom stereocenters. The van der Waals surface area contributed by atoms with Crippen LogP contribution in [0.15, 0.2) is 42.6 Å². The molecule has 1 unspecified atom stereocenters. The number of ether oxygens (including phenoxy) is 1. The van der Waals surface area contributed by atoms with E-state index in [-0.39, 0.29) is 42.6 Å². The highest BCUT2D eigenvalue weighted by Gasteiger charge is 2.39. The van der Waals surface area contributed by atoms with Gasteiger partial charge in [0, 0.05) is 43.5 Å². The van der Waals surface area contributed by atoms with E-state index in [0.717, 1.165) is 18.5 Å². The maximum atomic E-state index is 13.3. The van der Waals surface area contributed by atoms with E-state index < -0.39 is 11.9 Å². The first-order valence-electron chi connectivity index (χ1n) is 11.6. The summed E-state index contributed by atoms with van der Waals surface area (Å²) in [4.78, 5) is 55.9. The summed E-state index contributed by atoms with van der Waals surface area (Å²) in [5.74, 6) is -1.06. The van der Waals surface area contributed by atoms with E-state index in [1.165, 1.54) is 4.90 Å². The maximum absolute atomic E-state index is 13.3. The van der Waals surface area contributed by atoms with Crippen LogP contribution in [-0.2, 0) is 20.9 Å². The molecule has 0 bridgehead atoms. The van der Waals surface area contributed by atoms with E-state index in [2.05, 4.69) is 15.6 Å². The topological polar surface area (TPSA) is 118 Å². The number of nitrogens with one attached hydrogen (secondary N) is 2. The van der Waals surface area contributed by atoms with Gasteiger partial charge in [-0.15, -0.1) is 0 Å². The van der Waals surface area contributed by atoms with Gasteiger partial charge >= 0.3 is 0 Å². The van der Waals surface area contributed by atoms with Gasteiger partial charge in [0.2, 0.25) is 11.8 Å². The predicted molar refractivity (Wildman–Crippen MR) is 120 cm³/mol. The second-order valence-electron chi connectivity index (χ2n) is 8.93. The van der Waals surface area contributed by atoms with Gasteiger partial charge in [-0.05, 0) is 61.1 Å². The van der Waals surface area contributed by atoms with Crippen molar-refractivity contribution in [3.8, 4) is 0 Å². The molecule has 2 aromatic rings. The Kier molecular flexibility index (Phi) is 6.10. The first kappa shape index (κ1) is 22.2. The zero-order chi connectivity index (χ0) is 23.7. The van der Waals surface area contributed by atoms with Crippen molar-refractivity contribution in [2.24, 2.45) is 5.92 Å². The Bertz CT molecular complexity index is 1130. The molecule has 5 rings (SSSR count). The second-order valence-corrected chi connectivity index (χ2v) is 8.93. The van der Waals surface area contributed by atoms with Gasteiger partial charge in [0.15, 0.2) is 0 Å². The molecule has 2 saturated heterocycles. The summed E-state index contributed by atoms with van der Waals surface area (Å²) in [6.07, 6.45) is 3.89. The summed E-state index contributed by atoms with van der Waals surface area (Å²) in [5.41, 5.74) is 2.43. The van der Waals surface area contributed by atoms with Gasteiger partial charge in [-0.25, -0.2) is 0 Å². The lowest BCUT2D eigenvalue weighted by Crippen LogP contribution is -2.52. The smallest absolute Gasteiger partial charge is 0.255 e. The highest BCUT2D eigenvalue weighted by Crippen LogP contribution is 2.31. The highest BCUT2D eigenvalue weighted by molar-refractivity contribution is 6.06. The zero-order valence-electron chi connectivity index (χ0n) is 18.7. The number of hydrogen-bond acceptors (Lipinski definition) is 6. The van der Waals surface area contributed by atoms with Crippen molar-refractivity contribution in [3.05, 3.63) is 65.0 Å². The molecule has 34 heavy (non-hydrogen) atoms. The molecule has 9 heteroatoms. The Morgan fingerprint density at radius 3 is 2.68 bits per heavy atom. The third-order valence-corrected chi connectivity index (χ3v) is 6.82. The number of hydrogen-bond donors (Lipinski definition) is 2. The van der Waals surface area contributed by atoms with Crippen molar-refractivity contribution in [1.29, 1.82) is 0 Å². The molecule has 0 radical (unpaired) electrons. The Morgan fingerprint density at radius 1 is 1.12 bits per heavy atom. The van der Waals surface area contributed by atoms with Gasteiger partial charge in [0.05, 0.1) is 11.7 Å². The summed E-state index contributed by atoms with van der Waals surface area (Å²) in [6, 6.07) is 9.74. The minimum atomic E-state index is -0.683. The number of pyridine rings is 1. The first-order chi connectivity index (χ1) is 16.5. The molecule has 0 spiro atoms. The minimum absolute atomic E-state index is 0.200. The quantitative estimate of drug-likeness (QED) is 0.654. The van der Waals surface area contributed by atoms with Gasteiger partial charge in [-0.1, -0.05) is 6.07 Å². The van der Waals surface area contributed by atoms with Crippen molar-refractivity contribution in [3.63, 3.8) is 0 Å². The molecule has 1 aromatic heterocycles.